The Balaban J connectivity index is 2.19. The second-order valence-corrected chi connectivity index (χ2v) is 5.71. The van der Waals surface area contributed by atoms with E-state index in [9.17, 15) is 0 Å². The first-order valence-corrected chi connectivity index (χ1v) is 6.80. The molecule has 0 fully saturated rings. The van der Waals surface area contributed by atoms with E-state index >= 15 is 0 Å². The summed E-state index contributed by atoms with van der Waals surface area (Å²) in [4.78, 5) is 6.60. The van der Waals surface area contributed by atoms with Crippen LogP contribution in [0.25, 0.3) is 21.7 Å². The maximum atomic E-state index is 5.99. The van der Waals surface area contributed by atoms with Gasteiger partial charge in [-0.1, -0.05) is 6.07 Å². The number of aromatic amines is 1. The number of thiophene rings is 1. The standard InChI is InChI=1S/C14H14N4S/c1-8-6-11(19-9(8)2)13-12(14(15)18-17-13)10-4-3-5-16-7-10/h3-7H,1-2H3,(H3,15,17,18). The van der Waals surface area contributed by atoms with Crippen LogP contribution >= 0.6 is 11.3 Å². The number of rotatable bonds is 2. The van der Waals surface area contributed by atoms with E-state index in [-0.39, 0.29) is 0 Å². The number of pyridine rings is 1. The third kappa shape index (κ3) is 2.02. The van der Waals surface area contributed by atoms with Gasteiger partial charge in [-0.3, -0.25) is 10.1 Å². The first-order valence-electron chi connectivity index (χ1n) is 5.98. The molecule has 0 aliphatic rings. The summed E-state index contributed by atoms with van der Waals surface area (Å²) in [5.74, 6) is 0.506. The fourth-order valence-corrected chi connectivity index (χ4v) is 3.07. The van der Waals surface area contributed by atoms with Crippen LogP contribution in [0.1, 0.15) is 10.4 Å². The molecule has 3 heterocycles. The largest absolute Gasteiger partial charge is 0.382 e. The van der Waals surface area contributed by atoms with Crippen molar-refractivity contribution in [3.05, 3.63) is 41.0 Å². The summed E-state index contributed by atoms with van der Waals surface area (Å²) in [6, 6.07) is 6.05. The number of nitrogens with two attached hydrogens (primary N) is 1. The maximum absolute atomic E-state index is 5.99. The van der Waals surface area contributed by atoms with Gasteiger partial charge in [0.05, 0.1) is 16.1 Å². The quantitative estimate of drug-likeness (QED) is 0.750. The topological polar surface area (TPSA) is 67.6 Å². The number of aryl methyl sites for hydroxylation is 2. The highest BCUT2D eigenvalue weighted by molar-refractivity contribution is 7.15. The van der Waals surface area contributed by atoms with Crippen LogP contribution in [0.2, 0.25) is 0 Å². The summed E-state index contributed by atoms with van der Waals surface area (Å²) >= 11 is 1.74. The molecular formula is C14H14N4S. The molecule has 0 spiro atoms. The van der Waals surface area contributed by atoms with Gasteiger partial charge in [0.25, 0.3) is 0 Å². The van der Waals surface area contributed by atoms with Crippen molar-refractivity contribution in [1.29, 1.82) is 0 Å². The highest BCUT2D eigenvalue weighted by Gasteiger charge is 2.16. The van der Waals surface area contributed by atoms with Crippen LogP contribution in [0.5, 0.6) is 0 Å². The Kier molecular flexibility index (Phi) is 2.83. The summed E-state index contributed by atoms with van der Waals surface area (Å²) < 4.78 is 0. The summed E-state index contributed by atoms with van der Waals surface area (Å²) in [5, 5.41) is 7.18. The van der Waals surface area contributed by atoms with E-state index in [2.05, 4.69) is 35.1 Å². The molecule has 0 saturated heterocycles. The molecule has 0 radical (unpaired) electrons. The van der Waals surface area contributed by atoms with Gasteiger partial charge in [-0.05, 0) is 31.5 Å². The Morgan fingerprint density at radius 3 is 2.79 bits per heavy atom. The lowest BCUT2D eigenvalue weighted by molar-refractivity contribution is 1.11. The average molecular weight is 270 g/mol. The minimum atomic E-state index is 0.506. The fraction of sp³-hybridized carbons (Fsp3) is 0.143. The van der Waals surface area contributed by atoms with Crippen LogP contribution in [-0.4, -0.2) is 15.2 Å². The van der Waals surface area contributed by atoms with Crippen molar-refractivity contribution >= 4 is 17.2 Å². The summed E-state index contributed by atoms with van der Waals surface area (Å²) in [5.41, 5.74) is 10.1. The molecule has 19 heavy (non-hydrogen) atoms. The van der Waals surface area contributed by atoms with Gasteiger partial charge in [0, 0.05) is 22.8 Å². The van der Waals surface area contributed by atoms with Crippen LogP contribution in [0, 0.1) is 13.8 Å². The minimum Gasteiger partial charge on any atom is -0.382 e. The van der Waals surface area contributed by atoms with E-state index in [1.807, 2.05) is 12.1 Å². The molecule has 0 amide bonds. The van der Waals surface area contributed by atoms with Crippen LogP contribution in [0.4, 0.5) is 5.82 Å². The van der Waals surface area contributed by atoms with Crippen LogP contribution in [0.3, 0.4) is 0 Å². The van der Waals surface area contributed by atoms with Crippen molar-refractivity contribution in [3.8, 4) is 21.7 Å². The lowest BCUT2D eigenvalue weighted by Crippen LogP contribution is -1.88. The first kappa shape index (κ1) is 11.9. The Morgan fingerprint density at radius 2 is 2.16 bits per heavy atom. The van der Waals surface area contributed by atoms with Crippen LogP contribution < -0.4 is 5.73 Å². The highest BCUT2D eigenvalue weighted by atomic mass is 32.1. The van der Waals surface area contributed by atoms with Gasteiger partial charge in [0.15, 0.2) is 5.82 Å². The smallest absolute Gasteiger partial charge is 0.153 e. The number of hydrogen-bond donors (Lipinski definition) is 2. The fourth-order valence-electron chi connectivity index (χ4n) is 2.03. The predicted octanol–water partition coefficient (Wildman–Crippen LogP) is 3.40. The molecule has 5 heteroatoms. The third-order valence-electron chi connectivity index (χ3n) is 3.16. The SMILES string of the molecule is Cc1cc(-c2[nH]nc(N)c2-c2cccnc2)sc1C. The molecule has 0 atom stereocenters. The second kappa shape index (κ2) is 4.51. The third-order valence-corrected chi connectivity index (χ3v) is 4.33. The van der Waals surface area contributed by atoms with Gasteiger partial charge in [-0.2, -0.15) is 5.10 Å². The predicted molar refractivity (Wildman–Crippen MR) is 79.0 cm³/mol. The van der Waals surface area contributed by atoms with Gasteiger partial charge < -0.3 is 5.73 Å². The highest BCUT2D eigenvalue weighted by Crippen LogP contribution is 2.38. The Morgan fingerprint density at radius 1 is 1.32 bits per heavy atom. The molecule has 0 aromatic carbocycles. The van der Waals surface area contributed by atoms with E-state index in [1.165, 1.54) is 10.4 Å². The van der Waals surface area contributed by atoms with Gasteiger partial charge in [0.2, 0.25) is 0 Å². The Labute approximate surface area is 115 Å². The molecule has 3 aromatic rings. The van der Waals surface area contributed by atoms with Crippen molar-refractivity contribution in [2.24, 2.45) is 0 Å². The van der Waals surface area contributed by atoms with Crippen molar-refractivity contribution in [1.82, 2.24) is 15.2 Å². The molecule has 96 valence electrons. The molecule has 4 nitrogen and oxygen atoms in total. The zero-order valence-electron chi connectivity index (χ0n) is 10.8. The molecule has 0 bridgehead atoms. The van der Waals surface area contributed by atoms with Crippen molar-refractivity contribution in [3.63, 3.8) is 0 Å². The van der Waals surface area contributed by atoms with E-state index in [1.54, 1.807) is 23.7 Å². The minimum absolute atomic E-state index is 0.506. The number of H-pyrrole nitrogens is 1. The number of aromatic nitrogens is 3. The number of anilines is 1. The molecule has 0 unspecified atom stereocenters. The zero-order chi connectivity index (χ0) is 13.4. The normalized spacial score (nSPS) is 10.8. The molecule has 0 saturated carbocycles. The second-order valence-electron chi connectivity index (χ2n) is 4.45. The number of nitrogens with zero attached hydrogens (tertiary/aromatic N) is 2. The maximum Gasteiger partial charge on any atom is 0.153 e. The average Bonchev–Trinajstić information content (AvgIpc) is 2.95. The molecule has 3 aromatic heterocycles. The number of nitrogen functional groups attached to an aromatic ring is 1. The lowest BCUT2D eigenvalue weighted by Gasteiger charge is -2.01. The lowest BCUT2D eigenvalue weighted by atomic mass is 10.1. The zero-order valence-corrected chi connectivity index (χ0v) is 11.6. The van der Waals surface area contributed by atoms with Gasteiger partial charge in [-0.15, -0.1) is 11.3 Å². The van der Waals surface area contributed by atoms with Gasteiger partial charge in [0.1, 0.15) is 0 Å². The number of nitrogens with one attached hydrogen (secondary N) is 1. The van der Waals surface area contributed by atoms with E-state index < -0.39 is 0 Å². The number of hydrogen-bond acceptors (Lipinski definition) is 4. The molecular weight excluding hydrogens is 256 g/mol. The first-order chi connectivity index (χ1) is 9.16. The molecule has 3 rings (SSSR count). The summed E-state index contributed by atoms with van der Waals surface area (Å²) in [6.07, 6.45) is 3.55. The summed E-state index contributed by atoms with van der Waals surface area (Å²) in [6.45, 7) is 4.23. The summed E-state index contributed by atoms with van der Waals surface area (Å²) in [7, 11) is 0. The van der Waals surface area contributed by atoms with Crippen molar-refractivity contribution < 1.29 is 0 Å². The van der Waals surface area contributed by atoms with Crippen LogP contribution in [0.15, 0.2) is 30.6 Å². The monoisotopic (exact) mass is 270 g/mol. The van der Waals surface area contributed by atoms with E-state index in [4.69, 9.17) is 5.73 Å². The van der Waals surface area contributed by atoms with Gasteiger partial charge >= 0.3 is 0 Å². The van der Waals surface area contributed by atoms with E-state index in [0.29, 0.717) is 5.82 Å². The molecule has 0 aliphatic heterocycles. The van der Waals surface area contributed by atoms with Crippen LogP contribution in [-0.2, 0) is 0 Å². The Bertz CT molecular complexity index is 693. The van der Waals surface area contributed by atoms with Gasteiger partial charge in [-0.25, -0.2) is 0 Å². The molecule has 0 aliphatic carbocycles. The Hall–Kier alpha value is -2.14. The van der Waals surface area contributed by atoms with Crippen molar-refractivity contribution in [2.45, 2.75) is 13.8 Å². The molecule has 3 N–H and O–H groups in total. The van der Waals surface area contributed by atoms with Crippen molar-refractivity contribution in [2.75, 3.05) is 5.73 Å². The van der Waals surface area contributed by atoms with E-state index in [0.717, 1.165) is 21.7 Å².